The number of aliphatic carboxylic acids is 1. The molecule has 1 fully saturated rings. The van der Waals surface area contributed by atoms with E-state index in [1.165, 1.54) is 43.7 Å². The van der Waals surface area contributed by atoms with Crippen LogP contribution in [0, 0.1) is 0 Å². The van der Waals surface area contributed by atoms with Gasteiger partial charge in [-0.25, -0.2) is 4.79 Å². The van der Waals surface area contributed by atoms with Gasteiger partial charge in [0.25, 0.3) is 0 Å². The largest absolute Gasteiger partial charge is 0.478 e. The Balaban J connectivity index is 1.91. The number of hydrogen-bond acceptors (Lipinski definition) is 2. The molecule has 1 aliphatic rings. The number of rotatable bonds is 5. The average Bonchev–Trinajstić information content (AvgIpc) is 2.47. The maximum absolute atomic E-state index is 10.5. The van der Waals surface area contributed by atoms with Crippen LogP contribution in [0.25, 0.3) is 6.08 Å². The van der Waals surface area contributed by atoms with Crippen LogP contribution in [-0.2, 0) is 11.3 Å². The van der Waals surface area contributed by atoms with Crippen LogP contribution in [0.15, 0.2) is 30.3 Å². The third-order valence-electron chi connectivity index (χ3n) is 4.03. The van der Waals surface area contributed by atoms with E-state index in [-0.39, 0.29) is 0 Å². The maximum atomic E-state index is 10.5. The van der Waals surface area contributed by atoms with Crippen molar-refractivity contribution in [2.75, 3.05) is 7.05 Å². The number of carboxylic acid groups (broad SMARTS) is 1. The van der Waals surface area contributed by atoms with Crippen LogP contribution in [0.4, 0.5) is 0 Å². The molecular formula is C17H23NO2. The summed E-state index contributed by atoms with van der Waals surface area (Å²) in [6.45, 7) is 0.966. The highest BCUT2D eigenvalue weighted by molar-refractivity contribution is 5.85. The first kappa shape index (κ1) is 14.8. The number of carbonyl (C=O) groups is 1. The highest BCUT2D eigenvalue weighted by Crippen LogP contribution is 2.22. The molecule has 1 aromatic rings. The van der Waals surface area contributed by atoms with E-state index in [1.807, 2.05) is 12.1 Å². The number of nitrogens with zero attached hydrogens (tertiary/aromatic N) is 1. The molecule has 2 rings (SSSR count). The molecule has 0 atom stereocenters. The zero-order valence-electron chi connectivity index (χ0n) is 12.1. The first-order valence-electron chi connectivity index (χ1n) is 7.35. The summed E-state index contributed by atoms with van der Waals surface area (Å²) in [4.78, 5) is 12.9. The van der Waals surface area contributed by atoms with E-state index in [9.17, 15) is 4.79 Å². The quantitative estimate of drug-likeness (QED) is 0.834. The van der Waals surface area contributed by atoms with Crippen molar-refractivity contribution in [2.24, 2.45) is 0 Å². The van der Waals surface area contributed by atoms with Gasteiger partial charge in [-0.1, -0.05) is 43.5 Å². The number of carboxylic acids is 1. The Morgan fingerprint density at radius 1 is 1.25 bits per heavy atom. The topological polar surface area (TPSA) is 40.5 Å². The first-order valence-corrected chi connectivity index (χ1v) is 7.35. The van der Waals surface area contributed by atoms with Gasteiger partial charge >= 0.3 is 5.97 Å². The molecule has 0 unspecified atom stereocenters. The SMILES string of the molecule is CN(Cc1ccc(C=CC(=O)O)cc1)C1CCCCC1. The summed E-state index contributed by atoms with van der Waals surface area (Å²) in [5, 5.41) is 8.60. The summed E-state index contributed by atoms with van der Waals surface area (Å²) in [5.74, 6) is -0.911. The molecule has 108 valence electrons. The fraction of sp³-hybridized carbons (Fsp3) is 0.471. The smallest absolute Gasteiger partial charge is 0.328 e. The summed E-state index contributed by atoms with van der Waals surface area (Å²) >= 11 is 0. The zero-order valence-corrected chi connectivity index (χ0v) is 12.1. The highest BCUT2D eigenvalue weighted by Gasteiger charge is 2.17. The minimum atomic E-state index is -0.911. The van der Waals surface area contributed by atoms with Gasteiger partial charge in [-0.05, 0) is 37.1 Å². The van der Waals surface area contributed by atoms with Crippen molar-refractivity contribution in [3.05, 3.63) is 41.5 Å². The predicted octanol–water partition coefficient (Wildman–Crippen LogP) is 3.55. The lowest BCUT2D eigenvalue weighted by molar-refractivity contribution is -0.131. The molecule has 3 heteroatoms. The fourth-order valence-electron chi connectivity index (χ4n) is 2.84. The van der Waals surface area contributed by atoms with Gasteiger partial charge in [0.05, 0.1) is 0 Å². The van der Waals surface area contributed by atoms with Gasteiger partial charge in [-0.2, -0.15) is 0 Å². The van der Waals surface area contributed by atoms with Gasteiger partial charge in [-0.15, -0.1) is 0 Å². The Kier molecular flexibility index (Phi) is 5.36. The van der Waals surface area contributed by atoms with Crippen molar-refractivity contribution in [3.8, 4) is 0 Å². The zero-order chi connectivity index (χ0) is 14.4. The van der Waals surface area contributed by atoms with Crippen LogP contribution < -0.4 is 0 Å². The van der Waals surface area contributed by atoms with E-state index in [1.54, 1.807) is 6.08 Å². The number of hydrogen-bond donors (Lipinski definition) is 1. The molecule has 0 heterocycles. The molecule has 1 saturated carbocycles. The van der Waals surface area contributed by atoms with Crippen molar-refractivity contribution in [1.82, 2.24) is 4.90 Å². The van der Waals surface area contributed by atoms with E-state index in [0.717, 1.165) is 18.2 Å². The van der Waals surface area contributed by atoms with Crippen LogP contribution in [0.2, 0.25) is 0 Å². The summed E-state index contributed by atoms with van der Waals surface area (Å²) in [7, 11) is 2.20. The lowest BCUT2D eigenvalue weighted by Gasteiger charge is -2.31. The van der Waals surface area contributed by atoms with Crippen LogP contribution >= 0.6 is 0 Å². The minimum absolute atomic E-state index is 0.718. The van der Waals surface area contributed by atoms with Crippen molar-refractivity contribution >= 4 is 12.0 Å². The Hall–Kier alpha value is -1.61. The molecule has 0 radical (unpaired) electrons. The lowest BCUT2D eigenvalue weighted by Crippen LogP contribution is -2.32. The molecule has 0 aromatic heterocycles. The first-order chi connectivity index (χ1) is 9.65. The number of benzene rings is 1. The summed E-state index contributed by atoms with van der Waals surface area (Å²) in [6.07, 6.45) is 9.52. The summed E-state index contributed by atoms with van der Waals surface area (Å²) in [5.41, 5.74) is 2.21. The lowest BCUT2D eigenvalue weighted by atomic mass is 9.94. The van der Waals surface area contributed by atoms with Gasteiger partial charge in [-0.3, -0.25) is 4.90 Å². The normalized spacial score (nSPS) is 16.9. The minimum Gasteiger partial charge on any atom is -0.478 e. The van der Waals surface area contributed by atoms with E-state index in [0.29, 0.717) is 0 Å². The maximum Gasteiger partial charge on any atom is 0.328 e. The molecular weight excluding hydrogens is 250 g/mol. The monoisotopic (exact) mass is 273 g/mol. The third kappa shape index (κ3) is 4.49. The molecule has 1 aromatic carbocycles. The van der Waals surface area contributed by atoms with Crippen LogP contribution in [-0.4, -0.2) is 29.1 Å². The Labute approximate surface area is 120 Å². The van der Waals surface area contributed by atoms with Gasteiger partial charge in [0.15, 0.2) is 0 Å². The van der Waals surface area contributed by atoms with Gasteiger partial charge in [0.2, 0.25) is 0 Å². The predicted molar refractivity (Wildman–Crippen MR) is 81.5 cm³/mol. The molecule has 0 amide bonds. The molecule has 0 spiro atoms. The van der Waals surface area contributed by atoms with Gasteiger partial charge in [0.1, 0.15) is 0 Å². The van der Waals surface area contributed by atoms with Crippen molar-refractivity contribution in [2.45, 2.75) is 44.7 Å². The summed E-state index contributed by atoms with van der Waals surface area (Å²) in [6, 6.07) is 8.84. The van der Waals surface area contributed by atoms with E-state index in [2.05, 4.69) is 24.1 Å². The van der Waals surface area contributed by atoms with Crippen molar-refractivity contribution in [3.63, 3.8) is 0 Å². The van der Waals surface area contributed by atoms with E-state index in [4.69, 9.17) is 5.11 Å². The molecule has 1 N–H and O–H groups in total. The molecule has 1 aliphatic carbocycles. The molecule has 0 bridgehead atoms. The Morgan fingerprint density at radius 2 is 1.90 bits per heavy atom. The molecule has 0 saturated heterocycles. The van der Waals surface area contributed by atoms with Crippen LogP contribution in [0.5, 0.6) is 0 Å². The van der Waals surface area contributed by atoms with E-state index >= 15 is 0 Å². The molecule has 0 aliphatic heterocycles. The second kappa shape index (κ2) is 7.25. The van der Waals surface area contributed by atoms with Crippen molar-refractivity contribution in [1.29, 1.82) is 0 Å². The second-order valence-electron chi connectivity index (χ2n) is 5.62. The van der Waals surface area contributed by atoms with Crippen LogP contribution in [0.3, 0.4) is 0 Å². The van der Waals surface area contributed by atoms with Crippen molar-refractivity contribution < 1.29 is 9.90 Å². The Morgan fingerprint density at radius 3 is 2.50 bits per heavy atom. The third-order valence-corrected chi connectivity index (χ3v) is 4.03. The average molecular weight is 273 g/mol. The molecule has 20 heavy (non-hydrogen) atoms. The Bertz CT molecular complexity index is 458. The highest BCUT2D eigenvalue weighted by atomic mass is 16.4. The standard InChI is InChI=1S/C17H23NO2/c1-18(16-5-3-2-4-6-16)13-15-9-7-14(8-10-15)11-12-17(19)20/h7-12,16H,2-6,13H2,1H3,(H,19,20). The van der Waals surface area contributed by atoms with Gasteiger partial charge in [0, 0.05) is 18.7 Å². The molecule has 3 nitrogen and oxygen atoms in total. The second-order valence-corrected chi connectivity index (χ2v) is 5.62. The van der Waals surface area contributed by atoms with Gasteiger partial charge < -0.3 is 5.11 Å². The fourth-order valence-corrected chi connectivity index (χ4v) is 2.84. The van der Waals surface area contributed by atoms with E-state index < -0.39 is 5.97 Å². The summed E-state index contributed by atoms with van der Waals surface area (Å²) < 4.78 is 0. The van der Waals surface area contributed by atoms with Crippen LogP contribution in [0.1, 0.15) is 43.2 Å².